The molecule has 4 atom stereocenters. The molecule has 22 nitrogen and oxygen atoms in total. The summed E-state index contributed by atoms with van der Waals surface area (Å²) in [6.45, 7) is 22.5. The van der Waals surface area contributed by atoms with Crippen LogP contribution in [0.3, 0.4) is 0 Å². The van der Waals surface area contributed by atoms with Crippen LogP contribution in [0.25, 0.3) is 0 Å². The first-order chi connectivity index (χ1) is 43.5. The molecule has 0 aromatic carbocycles. The average Bonchev–Trinajstić information content (AvgIpc) is 1.56. The van der Waals surface area contributed by atoms with Gasteiger partial charge < -0.3 is 38.4 Å². The van der Waals surface area contributed by atoms with E-state index in [1.54, 1.807) is 26.0 Å². The van der Waals surface area contributed by atoms with E-state index in [0.29, 0.717) is 58.2 Å². The van der Waals surface area contributed by atoms with E-state index in [-0.39, 0.29) is 107 Å². The van der Waals surface area contributed by atoms with Crippen LogP contribution in [-0.2, 0) is 100 Å². The Bertz CT molecular complexity index is 2890. The molecule has 9 aliphatic rings. The highest BCUT2D eigenvalue weighted by Gasteiger charge is 2.63. The van der Waals surface area contributed by atoms with Crippen molar-refractivity contribution in [1.82, 2.24) is 0 Å². The van der Waals surface area contributed by atoms with Gasteiger partial charge in [0, 0.05) is 37.8 Å². The van der Waals surface area contributed by atoms with E-state index in [1.165, 1.54) is 66.2 Å². The number of hydrogen-bond acceptors (Lipinski definition) is 21. The number of Topliss-reactive ketones (excluding diaryl/α,β-unsaturated/α-hetero) is 10. The van der Waals surface area contributed by atoms with Gasteiger partial charge in [0.2, 0.25) is 0 Å². The Labute approximate surface area is 546 Å². The second kappa shape index (κ2) is 35.9. The van der Waals surface area contributed by atoms with Crippen molar-refractivity contribution in [3.8, 4) is 0 Å². The van der Waals surface area contributed by atoms with Crippen LogP contribution in [0.2, 0.25) is 0 Å². The minimum atomic E-state index is -1.39. The van der Waals surface area contributed by atoms with Gasteiger partial charge in [0.05, 0.1) is 64.1 Å². The summed E-state index contributed by atoms with van der Waals surface area (Å²) in [6, 6.07) is 0. The number of methoxy groups -OCH3 is 1. The van der Waals surface area contributed by atoms with Crippen molar-refractivity contribution < 1.29 is 106 Å². The second-order valence-electron chi connectivity index (χ2n) is 26.8. The van der Waals surface area contributed by atoms with Gasteiger partial charge in [-0.2, -0.15) is 0 Å². The highest BCUT2D eigenvalue weighted by molar-refractivity contribution is 6.25. The molecule has 0 amide bonds. The fourth-order valence-corrected chi connectivity index (χ4v) is 13.2. The van der Waals surface area contributed by atoms with Gasteiger partial charge >= 0.3 is 35.8 Å². The van der Waals surface area contributed by atoms with Crippen LogP contribution in [0.5, 0.6) is 0 Å². The molecule has 2 spiro atoms. The standard InChI is InChI=1S/C14H18O5.C13H16O5.C11H16O3.C10H16O2.C8H12O3.C8H12O2.C7H10O2/c1-3-19-13(18)10-9(16)7-14(5-4-6-14)11(8(2)15)12(10)17;1-3-18-12(17)9-8(15)6-13(4-5-13)10(7(2)14)11(9)16;1-7(12)6-11(4-5-11)10(8(2)13)9(3)14;1-8(2)6-10(4-5-10)7-9(11)12-3;1-6(9)4-8(2-3-8)5-7(10)11;1-2-10-8(9)6-7-4-3-5-7;1-2-9-7(8)5-6-3-4-6/h10-11H,3-7H2,1-2H3;9-10H,3-6H2,1-2H3;10H,4-6H2,1-3H3;1,4-7H2,2-3H3;2-5H2,1H3,(H,10,11);6H,2-5H2,1H3;5H,2-4H2,1H3. The highest BCUT2D eigenvalue weighted by Crippen LogP contribution is 2.59. The van der Waals surface area contributed by atoms with Crippen molar-refractivity contribution in [3.63, 3.8) is 0 Å². The number of esters is 5. The first-order valence-electron chi connectivity index (χ1n) is 32.6. The average molecular weight is 1310 g/mol. The minimum absolute atomic E-state index is 0.0648. The van der Waals surface area contributed by atoms with E-state index < -0.39 is 75.7 Å². The predicted molar refractivity (Wildman–Crippen MR) is 337 cm³/mol. The summed E-state index contributed by atoms with van der Waals surface area (Å²) in [5.74, 6) is -10.2. The Balaban J connectivity index is 0.000000288. The van der Waals surface area contributed by atoms with Gasteiger partial charge in [-0.3, -0.25) is 57.5 Å². The monoisotopic (exact) mass is 1300 g/mol. The first kappa shape index (κ1) is 80.0. The van der Waals surface area contributed by atoms with Crippen LogP contribution in [-0.4, -0.2) is 132 Å². The number of rotatable bonds is 23. The molecule has 516 valence electrons. The van der Waals surface area contributed by atoms with Gasteiger partial charge in [-0.1, -0.05) is 23.1 Å². The van der Waals surface area contributed by atoms with Crippen LogP contribution < -0.4 is 0 Å². The number of carbonyl (C=O) groups is 16. The molecule has 9 fully saturated rings. The van der Waals surface area contributed by atoms with Crippen molar-refractivity contribution in [1.29, 1.82) is 0 Å². The number of allylic oxidation sites excluding steroid dienone is 3. The number of carboxylic acid groups (broad SMARTS) is 1. The number of ether oxygens (including phenoxy) is 5. The molecule has 0 aromatic rings. The smallest absolute Gasteiger partial charge is 0.330 e. The molecule has 0 aliphatic heterocycles. The lowest BCUT2D eigenvalue weighted by molar-refractivity contribution is -0.167. The fourth-order valence-electron chi connectivity index (χ4n) is 13.2. The van der Waals surface area contributed by atoms with Crippen LogP contribution >= 0.6 is 0 Å². The maximum atomic E-state index is 12.4. The zero-order valence-electron chi connectivity index (χ0n) is 56.9. The summed E-state index contributed by atoms with van der Waals surface area (Å²) in [4.78, 5) is 182. The number of ketones is 10. The molecule has 93 heavy (non-hydrogen) atoms. The summed E-state index contributed by atoms with van der Waals surface area (Å²) in [7, 11) is 1.44. The third-order valence-electron chi connectivity index (χ3n) is 18.3. The van der Waals surface area contributed by atoms with Crippen molar-refractivity contribution in [2.24, 2.45) is 56.7 Å². The molecular formula is C71H100O22. The zero-order valence-corrected chi connectivity index (χ0v) is 56.9. The van der Waals surface area contributed by atoms with E-state index in [1.807, 2.05) is 20.8 Å². The van der Waals surface area contributed by atoms with Gasteiger partial charge in [-0.15, -0.1) is 6.58 Å². The number of carbonyl (C=O) groups excluding carboxylic acids is 15. The van der Waals surface area contributed by atoms with Gasteiger partial charge in [-0.25, -0.2) is 9.59 Å². The van der Waals surface area contributed by atoms with Gasteiger partial charge in [0.15, 0.2) is 35.0 Å². The van der Waals surface area contributed by atoms with E-state index in [9.17, 15) is 76.7 Å². The van der Waals surface area contributed by atoms with Crippen molar-refractivity contribution in [2.45, 2.75) is 224 Å². The summed E-state index contributed by atoms with van der Waals surface area (Å²) in [6.07, 6.45) is 21.1. The van der Waals surface area contributed by atoms with Crippen LogP contribution in [0.4, 0.5) is 0 Å². The maximum Gasteiger partial charge on any atom is 0.330 e. The van der Waals surface area contributed by atoms with Crippen molar-refractivity contribution in [3.05, 3.63) is 35.5 Å². The number of carboxylic acids is 1. The Morgan fingerprint density at radius 1 is 0.495 bits per heavy atom. The minimum Gasteiger partial charge on any atom is -0.481 e. The van der Waals surface area contributed by atoms with Crippen LogP contribution in [0, 0.1) is 56.7 Å². The van der Waals surface area contributed by atoms with Crippen LogP contribution in [0.15, 0.2) is 35.5 Å². The van der Waals surface area contributed by atoms with Gasteiger partial charge in [-0.05, 0) is 206 Å². The normalized spacial score (nSPS) is 22.1. The number of hydrogen-bond donors (Lipinski definition) is 1. The SMILES string of the molecule is C=C(C)CC1(CC(=O)OC)CC1.CC(=O)CC1(C(C(C)=O)C(C)=O)CC1.CC(=O)CC1(CC(=O)O)CC1.CCOC(=O)C1C(=O)CC2(CC2)C(C(C)=O)C1=O.CCOC(=O)C1C(=O)CC2(CCC2)C(C(C)=O)C1=O.CCOC(=O)C=C1CC1.CCOC(=O)C=C1CCC1. The molecule has 22 heteroatoms. The third kappa shape index (κ3) is 24.9. The molecule has 1 N–H and O–H groups in total. The van der Waals surface area contributed by atoms with Crippen molar-refractivity contribution >= 4 is 93.6 Å². The van der Waals surface area contributed by atoms with E-state index in [4.69, 9.17) is 19.3 Å². The first-order valence-corrected chi connectivity index (χ1v) is 32.6. The summed E-state index contributed by atoms with van der Waals surface area (Å²) in [5, 5.41) is 8.49. The summed E-state index contributed by atoms with van der Waals surface area (Å²) < 4.78 is 23.6. The molecule has 0 saturated heterocycles. The molecule has 9 aliphatic carbocycles. The molecule has 0 radical (unpaired) electrons. The van der Waals surface area contributed by atoms with E-state index in [0.717, 1.165) is 82.6 Å². The topological polar surface area (TPSA) is 339 Å². The number of aliphatic carboxylic acids is 1. The molecular weight excluding hydrogens is 1200 g/mol. The van der Waals surface area contributed by atoms with Crippen LogP contribution in [0.1, 0.15) is 224 Å². The highest BCUT2D eigenvalue weighted by atomic mass is 16.5. The van der Waals surface area contributed by atoms with Gasteiger partial charge in [0.25, 0.3) is 0 Å². The Kier molecular flexibility index (Phi) is 30.8. The van der Waals surface area contributed by atoms with Crippen molar-refractivity contribution in [2.75, 3.05) is 33.5 Å². The lowest BCUT2D eigenvalue weighted by Crippen LogP contribution is -2.56. The molecule has 9 rings (SSSR count). The summed E-state index contributed by atoms with van der Waals surface area (Å²) >= 11 is 0. The Morgan fingerprint density at radius 3 is 1.14 bits per heavy atom. The molecule has 0 aromatic heterocycles. The quantitative estimate of drug-likeness (QED) is 0.0327. The van der Waals surface area contributed by atoms with E-state index in [2.05, 4.69) is 16.1 Å². The molecule has 4 unspecified atom stereocenters. The van der Waals surface area contributed by atoms with E-state index >= 15 is 0 Å². The Hall–Kier alpha value is -7.26. The second-order valence-corrected chi connectivity index (χ2v) is 26.8. The van der Waals surface area contributed by atoms with Gasteiger partial charge in [0.1, 0.15) is 34.7 Å². The lowest BCUT2D eigenvalue weighted by Gasteiger charge is -2.49. The predicted octanol–water partition coefficient (Wildman–Crippen LogP) is 9.76. The third-order valence-corrected chi connectivity index (χ3v) is 18.3. The lowest BCUT2D eigenvalue weighted by atomic mass is 9.52. The Morgan fingerprint density at radius 2 is 0.882 bits per heavy atom. The summed E-state index contributed by atoms with van der Waals surface area (Å²) in [5.41, 5.74) is 2.37. The molecule has 9 saturated carbocycles. The molecule has 0 bridgehead atoms. The maximum absolute atomic E-state index is 12.4. The molecule has 0 heterocycles. The zero-order chi connectivity index (χ0) is 70.4. The fraction of sp³-hybridized carbons (Fsp3) is 0.690. The largest absolute Gasteiger partial charge is 0.481 e.